The summed E-state index contributed by atoms with van der Waals surface area (Å²) in [6.45, 7) is 3.88. The number of Topliss-reactive ketones (excluding diaryl/α,β-unsaturated/α-hetero) is 1. The number of carbonyl (C=O) groups is 1. The van der Waals surface area contributed by atoms with Crippen LogP contribution in [-0.4, -0.2) is 19.8 Å². The molecule has 0 heterocycles. The molecule has 0 aliphatic heterocycles. The fourth-order valence-corrected chi connectivity index (χ4v) is 4.57. The maximum atomic E-state index is 12.4. The molecule has 0 atom stereocenters. The van der Waals surface area contributed by atoms with E-state index in [1.807, 2.05) is 13.8 Å². The number of benzene rings is 1. The standard InChI is InChI=1S/C16H20O4S/c1-12-3-5-13(6-4-12)21(18,19)20-16-9-7-15(2,8-10-16)14(17)11-16/h3-6H,7-11H2,1-2H3. The molecule has 4 nitrogen and oxygen atoms in total. The van der Waals surface area contributed by atoms with E-state index in [4.69, 9.17) is 4.18 Å². The number of hydrogen-bond donors (Lipinski definition) is 0. The van der Waals surface area contributed by atoms with Crippen LogP contribution in [0.25, 0.3) is 0 Å². The number of aryl methyl sites for hydroxylation is 1. The normalized spacial score (nSPS) is 32.4. The van der Waals surface area contributed by atoms with E-state index in [2.05, 4.69) is 0 Å². The summed E-state index contributed by atoms with van der Waals surface area (Å²) in [5, 5.41) is 0. The fraction of sp³-hybridized carbons (Fsp3) is 0.562. The minimum atomic E-state index is -3.82. The molecule has 0 saturated heterocycles. The van der Waals surface area contributed by atoms with Crippen LogP contribution in [0.3, 0.4) is 0 Å². The predicted octanol–water partition coefficient (Wildman–Crippen LogP) is 2.99. The molecule has 0 radical (unpaired) electrons. The summed E-state index contributed by atoms with van der Waals surface area (Å²) in [5.74, 6) is 0.138. The van der Waals surface area contributed by atoms with Gasteiger partial charge in [0.1, 0.15) is 5.78 Å². The minimum Gasteiger partial charge on any atom is -0.299 e. The lowest BCUT2D eigenvalue weighted by Crippen LogP contribution is -2.53. The summed E-state index contributed by atoms with van der Waals surface area (Å²) in [4.78, 5) is 12.3. The van der Waals surface area contributed by atoms with Crippen LogP contribution >= 0.6 is 0 Å². The maximum absolute atomic E-state index is 12.4. The first kappa shape index (κ1) is 14.7. The Morgan fingerprint density at radius 2 is 1.62 bits per heavy atom. The molecule has 21 heavy (non-hydrogen) atoms. The van der Waals surface area contributed by atoms with Gasteiger partial charge in [-0.3, -0.25) is 8.98 Å². The smallest absolute Gasteiger partial charge is 0.297 e. The van der Waals surface area contributed by atoms with Gasteiger partial charge in [-0.05, 0) is 44.7 Å². The van der Waals surface area contributed by atoms with Gasteiger partial charge in [-0.2, -0.15) is 8.42 Å². The number of hydrogen-bond acceptors (Lipinski definition) is 4. The molecule has 2 bridgehead atoms. The van der Waals surface area contributed by atoms with Crippen molar-refractivity contribution in [3.63, 3.8) is 0 Å². The highest BCUT2D eigenvalue weighted by molar-refractivity contribution is 7.86. The quantitative estimate of drug-likeness (QED) is 0.805. The van der Waals surface area contributed by atoms with E-state index >= 15 is 0 Å². The largest absolute Gasteiger partial charge is 0.299 e. The Hall–Kier alpha value is -1.20. The molecular weight excluding hydrogens is 288 g/mol. The second-order valence-electron chi connectivity index (χ2n) is 6.69. The number of carbonyl (C=O) groups excluding carboxylic acids is 1. The van der Waals surface area contributed by atoms with Crippen LogP contribution in [0.2, 0.25) is 0 Å². The average Bonchev–Trinajstić information content (AvgIpc) is 2.41. The first-order valence-electron chi connectivity index (χ1n) is 7.31. The molecule has 3 aliphatic carbocycles. The van der Waals surface area contributed by atoms with E-state index in [0.29, 0.717) is 12.8 Å². The Morgan fingerprint density at radius 1 is 1.05 bits per heavy atom. The van der Waals surface area contributed by atoms with Gasteiger partial charge >= 0.3 is 0 Å². The monoisotopic (exact) mass is 308 g/mol. The van der Waals surface area contributed by atoms with Crippen LogP contribution < -0.4 is 0 Å². The summed E-state index contributed by atoms with van der Waals surface area (Å²) in [7, 11) is -3.82. The molecule has 1 aromatic carbocycles. The fourth-order valence-electron chi connectivity index (χ4n) is 3.32. The highest BCUT2D eigenvalue weighted by atomic mass is 32.2. The van der Waals surface area contributed by atoms with Crippen LogP contribution in [-0.2, 0) is 19.1 Å². The molecule has 0 amide bonds. The molecule has 0 unspecified atom stereocenters. The van der Waals surface area contributed by atoms with E-state index in [1.165, 1.54) is 0 Å². The first-order valence-corrected chi connectivity index (χ1v) is 8.71. The van der Waals surface area contributed by atoms with Crippen molar-refractivity contribution in [3.8, 4) is 0 Å². The SMILES string of the molecule is Cc1ccc(S(=O)(=O)OC23CCC(C)(CC2)C(=O)C3)cc1. The van der Waals surface area contributed by atoms with Gasteiger partial charge < -0.3 is 0 Å². The molecular formula is C16H20O4S. The lowest BCUT2D eigenvalue weighted by molar-refractivity contribution is -0.148. The predicted molar refractivity (Wildman–Crippen MR) is 78.4 cm³/mol. The number of fused-ring (bicyclic) bond motifs is 3. The van der Waals surface area contributed by atoms with Gasteiger partial charge in [0, 0.05) is 11.8 Å². The van der Waals surface area contributed by atoms with Crippen LogP contribution in [0, 0.1) is 12.3 Å². The van der Waals surface area contributed by atoms with Crippen molar-refractivity contribution >= 4 is 15.9 Å². The van der Waals surface area contributed by atoms with Gasteiger partial charge in [0.2, 0.25) is 0 Å². The summed E-state index contributed by atoms with van der Waals surface area (Å²) in [6.07, 6.45) is 2.93. The Kier molecular flexibility index (Phi) is 3.26. The molecule has 3 aliphatic rings. The van der Waals surface area contributed by atoms with Gasteiger partial charge in [-0.25, -0.2) is 0 Å². The van der Waals surface area contributed by atoms with Crippen molar-refractivity contribution in [2.75, 3.05) is 0 Å². The lowest BCUT2D eigenvalue weighted by atomic mass is 9.59. The van der Waals surface area contributed by atoms with E-state index in [-0.39, 0.29) is 22.5 Å². The van der Waals surface area contributed by atoms with Crippen molar-refractivity contribution in [3.05, 3.63) is 29.8 Å². The summed E-state index contributed by atoms with van der Waals surface area (Å²) in [5.41, 5.74) is -0.0921. The zero-order valence-corrected chi connectivity index (χ0v) is 13.2. The van der Waals surface area contributed by atoms with E-state index in [0.717, 1.165) is 18.4 Å². The van der Waals surface area contributed by atoms with E-state index in [9.17, 15) is 13.2 Å². The van der Waals surface area contributed by atoms with E-state index < -0.39 is 15.7 Å². The third kappa shape index (κ3) is 2.53. The zero-order valence-electron chi connectivity index (χ0n) is 12.4. The number of rotatable bonds is 3. The third-order valence-corrected chi connectivity index (χ3v) is 6.44. The topological polar surface area (TPSA) is 60.4 Å². The molecule has 114 valence electrons. The second-order valence-corrected chi connectivity index (χ2v) is 8.24. The van der Waals surface area contributed by atoms with Crippen molar-refractivity contribution in [2.45, 2.75) is 56.4 Å². The molecule has 5 heteroatoms. The molecule has 0 aromatic heterocycles. The Morgan fingerprint density at radius 3 is 2.14 bits per heavy atom. The zero-order chi connectivity index (χ0) is 15.3. The highest BCUT2D eigenvalue weighted by Gasteiger charge is 2.54. The van der Waals surface area contributed by atoms with Crippen LogP contribution in [0.5, 0.6) is 0 Å². The Balaban J connectivity index is 1.86. The molecule has 0 N–H and O–H groups in total. The van der Waals surface area contributed by atoms with Crippen molar-refractivity contribution < 1.29 is 17.4 Å². The third-order valence-electron chi connectivity index (χ3n) is 5.02. The van der Waals surface area contributed by atoms with Gasteiger partial charge in [0.15, 0.2) is 0 Å². The van der Waals surface area contributed by atoms with Crippen molar-refractivity contribution in [1.29, 1.82) is 0 Å². The van der Waals surface area contributed by atoms with Gasteiger partial charge in [0.05, 0.1) is 10.5 Å². The molecule has 0 spiro atoms. The molecule has 3 saturated carbocycles. The van der Waals surface area contributed by atoms with Crippen molar-refractivity contribution in [1.82, 2.24) is 0 Å². The molecule has 3 fully saturated rings. The number of ketones is 1. The van der Waals surface area contributed by atoms with Crippen LogP contribution in [0.15, 0.2) is 29.2 Å². The van der Waals surface area contributed by atoms with Gasteiger partial charge in [0.25, 0.3) is 10.1 Å². The average molecular weight is 308 g/mol. The Bertz CT molecular complexity index is 665. The Labute approximate surface area is 125 Å². The van der Waals surface area contributed by atoms with Gasteiger partial charge in [-0.15, -0.1) is 0 Å². The lowest BCUT2D eigenvalue weighted by Gasteiger charge is -2.49. The highest BCUT2D eigenvalue weighted by Crippen LogP contribution is 2.52. The summed E-state index contributed by atoms with van der Waals surface area (Å²) < 4.78 is 30.4. The van der Waals surface area contributed by atoms with Crippen molar-refractivity contribution in [2.24, 2.45) is 5.41 Å². The maximum Gasteiger partial charge on any atom is 0.297 e. The molecule has 4 rings (SSSR count). The minimum absolute atomic E-state index is 0.138. The van der Waals surface area contributed by atoms with Crippen LogP contribution in [0.1, 0.15) is 44.6 Å². The summed E-state index contributed by atoms with van der Waals surface area (Å²) in [6, 6.07) is 6.60. The summed E-state index contributed by atoms with van der Waals surface area (Å²) >= 11 is 0. The second kappa shape index (κ2) is 4.65. The van der Waals surface area contributed by atoms with Crippen LogP contribution in [0.4, 0.5) is 0 Å². The van der Waals surface area contributed by atoms with E-state index in [1.54, 1.807) is 24.3 Å². The first-order chi connectivity index (χ1) is 9.75. The van der Waals surface area contributed by atoms with Gasteiger partial charge in [-0.1, -0.05) is 24.6 Å². The molecule has 1 aromatic rings.